The number of thiol groups is 1. The average Bonchev–Trinajstić information content (AvgIpc) is 2.69. The summed E-state index contributed by atoms with van der Waals surface area (Å²) < 4.78 is 69.3. The van der Waals surface area contributed by atoms with Crippen LogP contribution in [-0.4, -0.2) is 29.3 Å². The fourth-order valence-corrected chi connectivity index (χ4v) is 6.16. The predicted molar refractivity (Wildman–Crippen MR) is 73.3 cm³/mol. The van der Waals surface area contributed by atoms with Crippen molar-refractivity contribution in [3.8, 4) is 0 Å². The number of alkyl halides is 5. The second-order valence-electron chi connectivity index (χ2n) is 7.72. The number of carbonyl (C=O) groups is 2. The number of esters is 1. The molecule has 1 spiro atoms. The van der Waals surface area contributed by atoms with E-state index in [0.29, 0.717) is 25.7 Å². The Bertz CT molecular complexity index is 616. The number of fused-ring (bicyclic) bond motifs is 2. The first kappa shape index (κ1) is 16.6. The van der Waals surface area contributed by atoms with Crippen molar-refractivity contribution in [2.75, 3.05) is 0 Å². The lowest BCUT2D eigenvalue weighted by atomic mass is 9.46. The fraction of sp³-hybridized carbons (Fsp3) is 0.867. The van der Waals surface area contributed by atoms with E-state index in [2.05, 4.69) is 17.4 Å². The molecular weight excluding hydrogens is 355 g/mol. The Balaban J connectivity index is 1.63. The summed E-state index contributed by atoms with van der Waals surface area (Å²) >= 11 is 2.66. The minimum atomic E-state index is -5.42. The molecule has 134 valence electrons. The summed E-state index contributed by atoms with van der Waals surface area (Å²) in [6.45, 7) is 0. The highest BCUT2D eigenvalue weighted by Crippen LogP contribution is 2.80. The van der Waals surface area contributed by atoms with E-state index < -0.39 is 34.3 Å². The molecule has 0 aromatic heterocycles. The van der Waals surface area contributed by atoms with Crippen LogP contribution in [0.1, 0.15) is 32.1 Å². The maximum absolute atomic E-state index is 13.2. The van der Waals surface area contributed by atoms with Crippen molar-refractivity contribution < 1.29 is 36.3 Å². The first-order valence-corrected chi connectivity index (χ1v) is 8.27. The Morgan fingerprint density at radius 2 is 1.83 bits per heavy atom. The number of rotatable bonds is 3. The molecule has 0 amide bonds. The van der Waals surface area contributed by atoms with Crippen molar-refractivity contribution >= 4 is 24.4 Å². The molecule has 9 heteroatoms. The Morgan fingerprint density at radius 3 is 2.42 bits per heavy atom. The summed E-state index contributed by atoms with van der Waals surface area (Å²) in [5.41, 5.74) is -1.89. The maximum Gasteiger partial charge on any atom is 0.432 e. The molecule has 0 aromatic rings. The van der Waals surface area contributed by atoms with Crippen LogP contribution in [0.15, 0.2) is 0 Å². The smallest absolute Gasteiger partial charge is 0.432 e. The van der Waals surface area contributed by atoms with Gasteiger partial charge in [-0.1, -0.05) is 0 Å². The Labute approximate surface area is 139 Å². The van der Waals surface area contributed by atoms with Gasteiger partial charge in [0, 0.05) is 11.8 Å². The van der Waals surface area contributed by atoms with E-state index in [1.54, 1.807) is 0 Å². The minimum absolute atomic E-state index is 0.0764. The molecule has 4 aliphatic carbocycles. The van der Waals surface area contributed by atoms with Crippen molar-refractivity contribution in [2.24, 2.45) is 28.6 Å². The Morgan fingerprint density at radius 1 is 1.17 bits per heavy atom. The normalized spacial score (nSPS) is 44.2. The van der Waals surface area contributed by atoms with Crippen LogP contribution in [0.25, 0.3) is 0 Å². The van der Waals surface area contributed by atoms with Gasteiger partial charge in [-0.15, -0.1) is 12.6 Å². The highest BCUT2D eigenvalue weighted by Gasteiger charge is 2.81. The first-order chi connectivity index (χ1) is 10.9. The summed E-state index contributed by atoms with van der Waals surface area (Å²) in [7, 11) is 0. The van der Waals surface area contributed by atoms with Crippen LogP contribution in [0.5, 0.6) is 0 Å². The van der Waals surface area contributed by atoms with Crippen molar-refractivity contribution in [3.63, 3.8) is 0 Å². The lowest BCUT2D eigenvalue weighted by Gasteiger charge is -2.56. The van der Waals surface area contributed by atoms with Crippen molar-refractivity contribution in [3.05, 3.63) is 0 Å². The first-order valence-electron chi connectivity index (χ1n) is 7.82. The fourth-order valence-electron chi connectivity index (χ4n) is 5.97. The lowest BCUT2D eigenvalue weighted by molar-refractivity contribution is -0.267. The summed E-state index contributed by atoms with van der Waals surface area (Å²) in [6.07, 6.45) is -6.84. The summed E-state index contributed by atoms with van der Waals surface area (Å²) in [5.74, 6) is -1.56. The van der Waals surface area contributed by atoms with E-state index in [9.17, 15) is 31.5 Å². The van der Waals surface area contributed by atoms with Crippen LogP contribution in [0.3, 0.4) is 0 Å². The molecule has 4 saturated carbocycles. The van der Waals surface area contributed by atoms with Gasteiger partial charge in [-0.3, -0.25) is 9.59 Å². The van der Waals surface area contributed by atoms with Gasteiger partial charge in [-0.2, -0.15) is 22.0 Å². The largest absolute Gasteiger partial charge is 0.445 e. The lowest BCUT2D eigenvalue weighted by Crippen LogP contribution is -2.60. The van der Waals surface area contributed by atoms with Gasteiger partial charge in [0.1, 0.15) is 5.78 Å². The van der Waals surface area contributed by atoms with Gasteiger partial charge in [0.2, 0.25) is 0 Å². The van der Waals surface area contributed by atoms with E-state index in [1.807, 2.05) is 0 Å². The highest BCUT2D eigenvalue weighted by atomic mass is 32.1. The number of ketones is 1. The number of halogens is 5. The van der Waals surface area contributed by atoms with Gasteiger partial charge in [0.15, 0.2) is 0 Å². The molecule has 0 aliphatic heterocycles. The molecule has 0 aromatic carbocycles. The highest BCUT2D eigenvalue weighted by molar-refractivity contribution is 7.81. The molecule has 0 saturated heterocycles. The van der Waals surface area contributed by atoms with Crippen LogP contribution in [0.2, 0.25) is 0 Å². The molecular formula is C15H15F5O3S. The van der Waals surface area contributed by atoms with Gasteiger partial charge in [0.05, 0.1) is 5.41 Å². The third-order valence-corrected chi connectivity index (χ3v) is 6.90. The zero-order valence-corrected chi connectivity index (χ0v) is 13.3. The van der Waals surface area contributed by atoms with Crippen molar-refractivity contribution in [1.82, 2.24) is 0 Å². The van der Waals surface area contributed by atoms with Gasteiger partial charge < -0.3 is 4.74 Å². The monoisotopic (exact) mass is 370 g/mol. The SMILES string of the molecule is O=C1C2CC3CC4(C(=O)OC(C(F)(F)F)C(F)(F)S)CC1C4(C3)C2. The third kappa shape index (κ3) is 1.85. The Hall–Kier alpha value is -0.860. The molecule has 0 heterocycles. The topological polar surface area (TPSA) is 43.4 Å². The van der Waals surface area contributed by atoms with E-state index in [1.165, 1.54) is 0 Å². The van der Waals surface area contributed by atoms with Gasteiger partial charge >= 0.3 is 17.4 Å². The van der Waals surface area contributed by atoms with Gasteiger partial charge in [0.25, 0.3) is 6.10 Å². The Kier molecular flexibility index (Phi) is 3.08. The predicted octanol–water partition coefficient (Wildman–Crippen LogP) is 3.38. The number of Topliss-reactive ketones (excluding diaryl/α,β-unsaturated/α-hetero) is 1. The van der Waals surface area contributed by atoms with Crippen molar-refractivity contribution in [2.45, 2.75) is 49.6 Å². The number of hydrogen-bond donors (Lipinski definition) is 1. The summed E-state index contributed by atoms with van der Waals surface area (Å²) in [5, 5.41) is -4.52. The molecule has 0 N–H and O–H groups in total. The second-order valence-corrected chi connectivity index (χ2v) is 8.32. The molecule has 24 heavy (non-hydrogen) atoms. The van der Waals surface area contributed by atoms with E-state index >= 15 is 0 Å². The molecule has 0 radical (unpaired) electrons. The standard InChI is InChI=1S/C15H15F5O3S/c16-14(17,18)10(15(19,20)24)23-11(22)13-3-6-1-7-4-12(13,2-6)8(5-13)9(7)21/h6-8,10,24H,1-5H2. The molecule has 3 bridgehead atoms. The molecule has 6 atom stereocenters. The van der Waals surface area contributed by atoms with Crippen LogP contribution in [0, 0.1) is 28.6 Å². The van der Waals surface area contributed by atoms with Gasteiger partial charge in [-0.05, 0) is 43.4 Å². The average molecular weight is 370 g/mol. The van der Waals surface area contributed by atoms with Gasteiger partial charge in [-0.25, -0.2) is 0 Å². The zero-order valence-electron chi connectivity index (χ0n) is 12.4. The summed E-state index contributed by atoms with van der Waals surface area (Å²) in [4.78, 5) is 24.8. The minimum Gasteiger partial charge on any atom is -0.445 e. The van der Waals surface area contributed by atoms with Crippen LogP contribution >= 0.6 is 12.6 Å². The van der Waals surface area contributed by atoms with E-state index in [-0.39, 0.29) is 30.0 Å². The quantitative estimate of drug-likeness (QED) is 0.471. The zero-order chi connectivity index (χ0) is 17.7. The third-order valence-electron chi connectivity index (χ3n) is 6.67. The number of ether oxygens (including phenoxy) is 1. The molecule has 6 unspecified atom stereocenters. The summed E-state index contributed by atoms with van der Waals surface area (Å²) in [6, 6.07) is 0. The molecule has 4 fully saturated rings. The molecule has 4 aliphatic rings. The number of carbonyl (C=O) groups excluding carboxylic acids is 2. The van der Waals surface area contributed by atoms with Crippen LogP contribution in [-0.2, 0) is 14.3 Å². The van der Waals surface area contributed by atoms with Crippen LogP contribution < -0.4 is 0 Å². The maximum atomic E-state index is 13.2. The molecule has 3 nitrogen and oxygen atoms in total. The van der Waals surface area contributed by atoms with E-state index in [0.717, 1.165) is 0 Å². The molecule has 4 rings (SSSR count). The van der Waals surface area contributed by atoms with Crippen LogP contribution in [0.4, 0.5) is 22.0 Å². The second kappa shape index (κ2) is 4.45. The van der Waals surface area contributed by atoms with E-state index in [4.69, 9.17) is 0 Å². The number of hydrogen-bond acceptors (Lipinski definition) is 4. The van der Waals surface area contributed by atoms with Crippen molar-refractivity contribution in [1.29, 1.82) is 0 Å².